The van der Waals surface area contributed by atoms with E-state index in [0.717, 1.165) is 17.1 Å². The van der Waals surface area contributed by atoms with E-state index >= 15 is 0 Å². The van der Waals surface area contributed by atoms with E-state index in [1.807, 2.05) is 0 Å². The summed E-state index contributed by atoms with van der Waals surface area (Å²) in [4.78, 5) is 5.23. The lowest BCUT2D eigenvalue weighted by atomic mass is 9.79. The first-order chi connectivity index (χ1) is 23.1. The van der Waals surface area contributed by atoms with Crippen LogP contribution in [0.15, 0.2) is 169 Å². The summed E-state index contributed by atoms with van der Waals surface area (Å²) in [6.07, 6.45) is 0. The van der Waals surface area contributed by atoms with Crippen LogP contribution in [0.1, 0.15) is 47.6 Å². The van der Waals surface area contributed by atoms with Gasteiger partial charge in [0.25, 0.3) is 0 Å². The van der Waals surface area contributed by atoms with Gasteiger partial charge in [0, 0.05) is 27.8 Å². The number of fused-ring (bicyclic) bond motifs is 5. The van der Waals surface area contributed by atoms with Crippen LogP contribution in [0.2, 0.25) is 0 Å². The molecule has 1 atom stereocenters. The van der Waals surface area contributed by atoms with E-state index in [4.69, 9.17) is 4.99 Å². The van der Waals surface area contributed by atoms with E-state index in [1.54, 1.807) is 0 Å². The number of aromatic nitrogens is 1. The number of aliphatic imine (C=N–C) groups is 1. The van der Waals surface area contributed by atoms with Gasteiger partial charge in [-0.05, 0) is 68.9 Å². The van der Waals surface area contributed by atoms with Crippen molar-refractivity contribution in [1.82, 2.24) is 4.57 Å². The van der Waals surface area contributed by atoms with Crippen molar-refractivity contribution in [1.29, 1.82) is 0 Å². The summed E-state index contributed by atoms with van der Waals surface area (Å²) in [6.45, 7) is 4.60. The largest absolute Gasteiger partial charge is 0.309 e. The third-order valence-corrected chi connectivity index (χ3v) is 10.1. The maximum atomic E-state index is 5.23. The van der Waals surface area contributed by atoms with Gasteiger partial charge in [-0.1, -0.05) is 147 Å². The van der Waals surface area contributed by atoms with E-state index in [-0.39, 0.29) is 11.3 Å². The minimum atomic E-state index is -0.210. The van der Waals surface area contributed by atoms with Crippen LogP contribution in [0.4, 0.5) is 5.69 Å². The Morgan fingerprint density at radius 3 is 1.94 bits per heavy atom. The molecule has 0 fully saturated rings. The summed E-state index contributed by atoms with van der Waals surface area (Å²) >= 11 is 0. The SMILES string of the molecule is CC1(C)C(c2ccccc2)=Nc2cc3c4ccccc4n(-c4ccc(C(c5ccccc5)c5ccc6ccccc6c5)cc4)c3cc21. The molecule has 0 spiro atoms. The molecule has 0 aliphatic carbocycles. The second-order valence-corrected chi connectivity index (χ2v) is 13.2. The second-order valence-electron chi connectivity index (χ2n) is 13.2. The molecular weight excluding hydrogens is 569 g/mol. The molecule has 2 heterocycles. The topological polar surface area (TPSA) is 17.3 Å². The average Bonchev–Trinajstić information content (AvgIpc) is 3.58. The molecule has 8 aromatic rings. The van der Waals surface area contributed by atoms with Crippen molar-refractivity contribution in [2.24, 2.45) is 4.99 Å². The Kier molecular flexibility index (Phi) is 6.26. The number of rotatable bonds is 5. The molecule has 0 saturated heterocycles. The van der Waals surface area contributed by atoms with Crippen molar-refractivity contribution >= 4 is 44.0 Å². The third kappa shape index (κ3) is 4.44. The Hall–Kier alpha value is -5.73. The molecule has 0 bridgehead atoms. The molecule has 1 aliphatic rings. The lowest BCUT2D eigenvalue weighted by molar-refractivity contribution is 0.738. The molecule has 0 N–H and O–H groups in total. The maximum Gasteiger partial charge on any atom is 0.0682 e. The fraction of sp³-hybridized carbons (Fsp3) is 0.0889. The van der Waals surface area contributed by atoms with Crippen LogP contribution in [0.5, 0.6) is 0 Å². The van der Waals surface area contributed by atoms with Gasteiger partial charge in [-0.25, -0.2) is 0 Å². The van der Waals surface area contributed by atoms with Gasteiger partial charge in [-0.15, -0.1) is 0 Å². The molecule has 47 heavy (non-hydrogen) atoms. The number of nitrogens with zero attached hydrogens (tertiary/aromatic N) is 2. The smallest absolute Gasteiger partial charge is 0.0682 e. The van der Waals surface area contributed by atoms with Gasteiger partial charge in [0.05, 0.1) is 22.4 Å². The highest BCUT2D eigenvalue weighted by Crippen LogP contribution is 2.46. The van der Waals surface area contributed by atoms with Crippen LogP contribution in [0.25, 0.3) is 38.3 Å². The standard InChI is InChI=1S/C45H34N2/c1-45(2)39-29-42-38(28-40(39)46-44(45)33-16-7-4-8-17-33)37-19-11-12-20-41(37)47(42)36-25-23-32(24-26-36)43(31-14-5-3-6-15-31)35-22-21-30-13-9-10-18-34(30)27-35/h3-29,43H,1-2H3. The highest BCUT2D eigenvalue weighted by molar-refractivity contribution is 6.16. The van der Waals surface area contributed by atoms with Gasteiger partial charge in [0.15, 0.2) is 0 Å². The number of hydrogen-bond donors (Lipinski definition) is 0. The van der Waals surface area contributed by atoms with Crippen molar-refractivity contribution in [3.05, 3.63) is 192 Å². The predicted molar refractivity (Wildman–Crippen MR) is 198 cm³/mol. The normalized spacial score (nSPS) is 14.4. The van der Waals surface area contributed by atoms with Gasteiger partial charge in [-0.3, -0.25) is 4.99 Å². The molecule has 1 unspecified atom stereocenters. The first kappa shape index (κ1) is 27.6. The van der Waals surface area contributed by atoms with Gasteiger partial charge in [0.2, 0.25) is 0 Å². The minimum absolute atomic E-state index is 0.130. The summed E-state index contributed by atoms with van der Waals surface area (Å²) in [5, 5.41) is 5.01. The lowest BCUT2D eigenvalue weighted by Crippen LogP contribution is -2.26. The van der Waals surface area contributed by atoms with E-state index < -0.39 is 0 Å². The fourth-order valence-corrected chi connectivity index (χ4v) is 7.71. The van der Waals surface area contributed by atoms with Crippen molar-refractivity contribution in [3.8, 4) is 5.69 Å². The third-order valence-electron chi connectivity index (χ3n) is 10.1. The van der Waals surface area contributed by atoms with Gasteiger partial charge < -0.3 is 4.57 Å². The molecule has 0 saturated carbocycles. The van der Waals surface area contributed by atoms with Crippen molar-refractivity contribution in [2.45, 2.75) is 25.2 Å². The first-order valence-electron chi connectivity index (χ1n) is 16.4. The number of hydrogen-bond acceptors (Lipinski definition) is 1. The van der Waals surface area contributed by atoms with E-state index in [9.17, 15) is 0 Å². The quantitative estimate of drug-likeness (QED) is 0.174. The minimum Gasteiger partial charge on any atom is -0.309 e. The lowest BCUT2D eigenvalue weighted by Gasteiger charge is -2.23. The zero-order valence-electron chi connectivity index (χ0n) is 26.6. The highest BCUT2D eigenvalue weighted by atomic mass is 15.0. The molecule has 224 valence electrons. The van der Waals surface area contributed by atoms with E-state index in [2.05, 4.69) is 182 Å². The molecule has 7 aromatic carbocycles. The zero-order chi connectivity index (χ0) is 31.5. The molecule has 1 aromatic heterocycles. The van der Waals surface area contributed by atoms with Crippen LogP contribution in [0, 0.1) is 0 Å². The Bertz CT molecular complexity index is 2470. The highest BCUT2D eigenvalue weighted by Gasteiger charge is 2.36. The molecule has 1 aliphatic heterocycles. The van der Waals surface area contributed by atoms with Crippen LogP contribution in [-0.4, -0.2) is 10.3 Å². The summed E-state index contributed by atoms with van der Waals surface area (Å²) < 4.78 is 2.43. The van der Waals surface area contributed by atoms with Gasteiger partial charge >= 0.3 is 0 Å². The average molecular weight is 603 g/mol. The van der Waals surface area contributed by atoms with Gasteiger partial charge in [-0.2, -0.15) is 0 Å². The number of para-hydroxylation sites is 1. The van der Waals surface area contributed by atoms with Gasteiger partial charge in [0.1, 0.15) is 0 Å². The predicted octanol–water partition coefficient (Wildman–Crippen LogP) is 11.5. The molecule has 2 heteroatoms. The summed E-state index contributed by atoms with van der Waals surface area (Å²) in [5.74, 6) is 0.130. The monoisotopic (exact) mass is 602 g/mol. The summed E-state index contributed by atoms with van der Waals surface area (Å²) in [5.41, 5.74) is 11.9. The number of benzene rings is 7. The fourth-order valence-electron chi connectivity index (χ4n) is 7.71. The Balaban J connectivity index is 1.19. The van der Waals surface area contributed by atoms with E-state index in [0.29, 0.717) is 0 Å². The zero-order valence-corrected chi connectivity index (χ0v) is 26.6. The Labute approximate surface area is 275 Å². The van der Waals surface area contributed by atoms with Crippen LogP contribution in [-0.2, 0) is 5.41 Å². The summed E-state index contributed by atoms with van der Waals surface area (Å²) in [7, 11) is 0. The molecule has 2 nitrogen and oxygen atoms in total. The van der Waals surface area contributed by atoms with Crippen molar-refractivity contribution < 1.29 is 0 Å². The molecule has 9 rings (SSSR count). The second kappa shape index (κ2) is 10.7. The molecular formula is C45H34N2. The van der Waals surface area contributed by atoms with Crippen molar-refractivity contribution in [3.63, 3.8) is 0 Å². The van der Waals surface area contributed by atoms with Crippen molar-refractivity contribution in [2.75, 3.05) is 0 Å². The molecule has 0 radical (unpaired) electrons. The maximum absolute atomic E-state index is 5.23. The Morgan fingerprint density at radius 2 is 1.15 bits per heavy atom. The van der Waals surface area contributed by atoms with E-state index in [1.165, 1.54) is 60.4 Å². The Morgan fingerprint density at radius 1 is 0.511 bits per heavy atom. The van der Waals surface area contributed by atoms with Crippen LogP contribution in [0.3, 0.4) is 0 Å². The molecule has 0 amide bonds. The summed E-state index contributed by atoms with van der Waals surface area (Å²) in [6, 6.07) is 59.6. The van der Waals surface area contributed by atoms with Crippen LogP contribution >= 0.6 is 0 Å². The first-order valence-corrected chi connectivity index (χ1v) is 16.4. The van der Waals surface area contributed by atoms with Crippen LogP contribution < -0.4 is 0 Å².